The van der Waals surface area contributed by atoms with E-state index in [0.717, 1.165) is 52.7 Å². The highest BCUT2D eigenvalue weighted by Gasteiger charge is 2.53. The fourth-order valence-electron chi connectivity index (χ4n) is 5.65. The number of rotatable bonds is 3. The quantitative estimate of drug-likeness (QED) is 0.867. The number of ether oxygens (including phenoxy) is 2. The Bertz CT molecular complexity index is 918. The summed E-state index contributed by atoms with van der Waals surface area (Å²) in [6.45, 7) is 4.53. The first-order valence-corrected chi connectivity index (χ1v) is 9.71. The summed E-state index contributed by atoms with van der Waals surface area (Å²) >= 11 is 0. The third kappa shape index (κ3) is 2.49. The minimum atomic E-state index is -0.215. The molecule has 0 saturated heterocycles. The molecule has 0 aliphatic heterocycles. The van der Waals surface area contributed by atoms with Gasteiger partial charge >= 0.3 is 0 Å². The molecule has 2 aliphatic rings. The number of carbonyl (C=O) groups excluding carboxylic acids is 1. The van der Waals surface area contributed by atoms with Gasteiger partial charge in [-0.3, -0.25) is 4.79 Å². The van der Waals surface area contributed by atoms with Crippen molar-refractivity contribution in [2.45, 2.75) is 44.9 Å². The van der Waals surface area contributed by atoms with Crippen molar-refractivity contribution in [3.05, 3.63) is 35.4 Å². The summed E-state index contributed by atoms with van der Waals surface area (Å²) in [5.74, 6) is 1.85. The summed E-state index contributed by atoms with van der Waals surface area (Å²) in [5.41, 5.74) is 1.56. The number of benzene rings is 2. The maximum absolute atomic E-state index is 13.1. The molecule has 2 aromatic carbocycles. The number of hydrogen-bond donors (Lipinski definition) is 1. The first kappa shape index (κ1) is 18.3. The molecule has 0 heterocycles. The van der Waals surface area contributed by atoms with Gasteiger partial charge in [-0.2, -0.15) is 0 Å². The molecule has 0 unspecified atom stereocenters. The first-order chi connectivity index (χ1) is 12.9. The number of carbonyl (C=O) groups is 1. The van der Waals surface area contributed by atoms with Crippen molar-refractivity contribution < 1.29 is 19.4 Å². The molecule has 1 saturated carbocycles. The van der Waals surface area contributed by atoms with E-state index >= 15 is 0 Å². The van der Waals surface area contributed by atoms with E-state index in [1.807, 2.05) is 18.2 Å². The highest BCUT2D eigenvalue weighted by Crippen LogP contribution is 2.57. The minimum absolute atomic E-state index is 0.124. The summed E-state index contributed by atoms with van der Waals surface area (Å²) in [7, 11) is 3.31. The van der Waals surface area contributed by atoms with Crippen LogP contribution in [0, 0.1) is 11.3 Å². The van der Waals surface area contributed by atoms with Crippen molar-refractivity contribution >= 4 is 16.6 Å². The van der Waals surface area contributed by atoms with Gasteiger partial charge in [0.05, 0.1) is 14.2 Å². The van der Waals surface area contributed by atoms with Crippen LogP contribution in [0.4, 0.5) is 0 Å². The molecule has 2 aromatic rings. The van der Waals surface area contributed by atoms with Gasteiger partial charge in [-0.1, -0.05) is 20.3 Å². The van der Waals surface area contributed by atoms with Crippen LogP contribution in [0.15, 0.2) is 24.3 Å². The summed E-state index contributed by atoms with van der Waals surface area (Å²) < 4.78 is 11.1. The van der Waals surface area contributed by atoms with Crippen LogP contribution in [0.25, 0.3) is 10.8 Å². The van der Waals surface area contributed by atoms with Crippen LogP contribution >= 0.6 is 0 Å². The smallest absolute Gasteiger partial charge is 0.163 e. The predicted octanol–water partition coefficient (Wildman–Crippen LogP) is 4.50. The molecule has 2 aliphatic carbocycles. The molecule has 3 atom stereocenters. The van der Waals surface area contributed by atoms with Gasteiger partial charge in [-0.05, 0) is 59.4 Å². The zero-order valence-corrected chi connectivity index (χ0v) is 16.6. The Labute approximate surface area is 160 Å². The molecular weight excluding hydrogens is 340 g/mol. The van der Waals surface area contributed by atoms with E-state index < -0.39 is 0 Å². The van der Waals surface area contributed by atoms with Gasteiger partial charge in [-0.25, -0.2) is 0 Å². The second-order valence-corrected chi connectivity index (χ2v) is 8.68. The van der Waals surface area contributed by atoms with E-state index in [1.54, 1.807) is 14.2 Å². The van der Waals surface area contributed by atoms with E-state index in [2.05, 4.69) is 19.9 Å². The number of fused-ring (bicyclic) bond motifs is 4. The average Bonchev–Trinajstić information content (AvgIpc) is 2.68. The van der Waals surface area contributed by atoms with Gasteiger partial charge in [-0.15, -0.1) is 0 Å². The number of methoxy groups -OCH3 is 2. The van der Waals surface area contributed by atoms with Crippen LogP contribution in [0.1, 0.15) is 55.5 Å². The summed E-state index contributed by atoms with van der Waals surface area (Å²) in [4.78, 5) is 13.1. The molecule has 0 aromatic heterocycles. The van der Waals surface area contributed by atoms with Crippen molar-refractivity contribution in [1.29, 1.82) is 0 Å². The number of hydrogen-bond acceptors (Lipinski definition) is 4. The molecule has 4 rings (SSSR count). The highest BCUT2D eigenvalue weighted by molar-refractivity contribution is 6.05. The minimum Gasteiger partial charge on any atom is -0.496 e. The van der Waals surface area contributed by atoms with Gasteiger partial charge in [0.25, 0.3) is 0 Å². The van der Waals surface area contributed by atoms with Gasteiger partial charge in [0, 0.05) is 29.4 Å². The van der Waals surface area contributed by atoms with Crippen molar-refractivity contribution in [2.24, 2.45) is 11.3 Å². The second-order valence-electron chi connectivity index (χ2n) is 8.68. The summed E-state index contributed by atoms with van der Waals surface area (Å²) in [6.07, 6.45) is 3.56. The lowest BCUT2D eigenvalue weighted by Crippen LogP contribution is -2.51. The molecule has 4 nitrogen and oxygen atoms in total. The van der Waals surface area contributed by atoms with E-state index in [4.69, 9.17) is 9.47 Å². The Balaban J connectivity index is 2.01. The zero-order valence-electron chi connectivity index (χ0n) is 16.6. The Morgan fingerprint density at radius 3 is 2.30 bits per heavy atom. The largest absolute Gasteiger partial charge is 0.496 e. The van der Waals surface area contributed by atoms with Crippen LogP contribution in [-0.2, 0) is 5.41 Å². The summed E-state index contributed by atoms with van der Waals surface area (Å²) in [5, 5.41) is 12.0. The zero-order chi connectivity index (χ0) is 19.4. The Hall–Kier alpha value is -2.07. The van der Waals surface area contributed by atoms with Crippen LogP contribution < -0.4 is 9.47 Å². The second kappa shape index (κ2) is 6.23. The van der Waals surface area contributed by atoms with E-state index in [9.17, 15) is 9.90 Å². The molecule has 0 amide bonds. The topological polar surface area (TPSA) is 55.8 Å². The number of Topliss-reactive ketones (excluding diaryl/α,β-unsaturated/α-hetero) is 1. The van der Waals surface area contributed by atoms with Crippen molar-refractivity contribution in [3.63, 3.8) is 0 Å². The Morgan fingerprint density at radius 1 is 1.07 bits per heavy atom. The number of aliphatic hydroxyl groups excluding tert-OH is 1. The van der Waals surface area contributed by atoms with Crippen molar-refractivity contribution in [3.8, 4) is 11.5 Å². The molecule has 27 heavy (non-hydrogen) atoms. The van der Waals surface area contributed by atoms with E-state index in [1.165, 1.54) is 0 Å². The molecule has 1 fully saturated rings. The molecule has 144 valence electrons. The van der Waals surface area contributed by atoms with E-state index in [-0.39, 0.29) is 29.1 Å². The molecule has 0 radical (unpaired) electrons. The monoisotopic (exact) mass is 368 g/mol. The molecule has 1 N–H and O–H groups in total. The standard InChI is InChI=1S/C23H28O4/c1-22(13-24)8-5-9-23(2)17-11-15-14(10-16(17)18(25)12-21(22)23)19(26-3)6-7-20(15)27-4/h6-7,10-11,21,24H,5,8-9,12-13H2,1-4H3/t21-,22+,23+/m0/s1. The predicted molar refractivity (Wildman–Crippen MR) is 106 cm³/mol. The third-order valence-corrected chi connectivity index (χ3v) is 7.24. The molecule has 0 bridgehead atoms. The lowest BCUT2D eigenvalue weighted by molar-refractivity contribution is -0.0141. The number of ketones is 1. The lowest BCUT2D eigenvalue weighted by atomic mass is 9.49. The normalized spacial score (nSPS) is 30.0. The van der Waals surface area contributed by atoms with Crippen LogP contribution in [-0.4, -0.2) is 31.7 Å². The maximum Gasteiger partial charge on any atom is 0.163 e. The van der Waals surface area contributed by atoms with Gasteiger partial charge in [0.1, 0.15) is 11.5 Å². The van der Waals surface area contributed by atoms with Crippen molar-refractivity contribution in [2.75, 3.05) is 20.8 Å². The maximum atomic E-state index is 13.1. The van der Waals surface area contributed by atoms with Crippen LogP contribution in [0.3, 0.4) is 0 Å². The number of aliphatic hydroxyl groups is 1. The van der Waals surface area contributed by atoms with Crippen LogP contribution in [0.5, 0.6) is 11.5 Å². The third-order valence-electron chi connectivity index (χ3n) is 7.24. The molecule has 4 heteroatoms. The van der Waals surface area contributed by atoms with Crippen molar-refractivity contribution in [1.82, 2.24) is 0 Å². The van der Waals surface area contributed by atoms with E-state index in [0.29, 0.717) is 6.42 Å². The van der Waals surface area contributed by atoms with Gasteiger partial charge < -0.3 is 14.6 Å². The fraction of sp³-hybridized carbons (Fsp3) is 0.522. The Morgan fingerprint density at radius 2 is 1.70 bits per heavy atom. The Kier molecular flexibility index (Phi) is 4.22. The fourth-order valence-corrected chi connectivity index (χ4v) is 5.65. The van der Waals surface area contributed by atoms with Gasteiger partial charge in [0.15, 0.2) is 5.78 Å². The SMILES string of the molecule is COc1ccc(OC)c2cc3c(cc12)C(=O)C[C@H]1[C@@](C)(CO)CCC[C@]31C. The molecule has 0 spiro atoms. The molecular formula is C23H28O4. The lowest BCUT2D eigenvalue weighted by Gasteiger charge is -2.54. The first-order valence-electron chi connectivity index (χ1n) is 9.71. The summed E-state index contributed by atoms with van der Waals surface area (Å²) in [6, 6.07) is 7.92. The van der Waals surface area contributed by atoms with Gasteiger partial charge in [0.2, 0.25) is 0 Å². The highest BCUT2D eigenvalue weighted by atomic mass is 16.5. The van der Waals surface area contributed by atoms with Crippen LogP contribution in [0.2, 0.25) is 0 Å². The average molecular weight is 368 g/mol.